The number of methoxy groups -OCH3 is 2. The number of likely N-dealkylation sites (tertiary alicyclic amines) is 1. The van der Waals surface area contributed by atoms with Gasteiger partial charge in [0.25, 0.3) is 0 Å². The van der Waals surface area contributed by atoms with Crippen molar-refractivity contribution in [1.29, 1.82) is 5.26 Å². The Bertz CT molecular complexity index is 1050. The van der Waals surface area contributed by atoms with Gasteiger partial charge in [0.15, 0.2) is 17.3 Å². The van der Waals surface area contributed by atoms with Crippen molar-refractivity contribution in [2.45, 2.75) is 64.3 Å². The molecule has 0 bridgehead atoms. The molecule has 1 saturated heterocycles. The Kier molecular flexibility index (Phi) is 9.50. The van der Waals surface area contributed by atoms with Gasteiger partial charge in [0, 0.05) is 17.5 Å². The van der Waals surface area contributed by atoms with E-state index < -0.39 is 5.41 Å². The summed E-state index contributed by atoms with van der Waals surface area (Å²) in [7, 11) is 3.23. The average Bonchev–Trinajstić information content (AvgIpc) is 2.93. The van der Waals surface area contributed by atoms with E-state index in [0.717, 1.165) is 50.8 Å². The zero-order valence-corrected chi connectivity index (χ0v) is 22.2. The Balaban J connectivity index is 1.93. The normalized spacial score (nSPS) is 17.3. The number of Topliss-reactive ketones (excluding diaryl/α,β-unsaturated/α-hetero) is 1. The lowest BCUT2D eigenvalue weighted by Gasteiger charge is -2.48. The van der Waals surface area contributed by atoms with Crippen molar-refractivity contribution >= 4 is 5.78 Å². The number of ketones is 1. The van der Waals surface area contributed by atoms with Crippen molar-refractivity contribution in [1.82, 2.24) is 4.90 Å². The molecule has 0 N–H and O–H groups in total. The fourth-order valence-electron chi connectivity index (χ4n) is 6.15. The van der Waals surface area contributed by atoms with Gasteiger partial charge in [-0.3, -0.25) is 9.69 Å². The molecule has 0 saturated carbocycles. The molecule has 2 aromatic rings. The maximum atomic E-state index is 13.3. The van der Waals surface area contributed by atoms with E-state index in [2.05, 4.69) is 31.7 Å². The van der Waals surface area contributed by atoms with Gasteiger partial charge in [-0.15, -0.1) is 0 Å². The molecule has 3 rings (SSSR count). The van der Waals surface area contributed by atoms with E-state index in [-0.39, 0.29) is 29.5 Å². The lowest BCUT2D eigenvalue weighted by atomic mass is 9.63. The molecule has 36 heavy (non-hydrogen) atoms. The summed E-state index contributed by atoms with van der Waals surface area (Å²) in [5, 5.41) is 10.9. The zero-order valence-electron chi connectivity index (χ0n) is 22.2. The summed E-state index contributed by atoms with van der Waals surface area (Å²) in [5.41, 5.74) is 0.786. The van der Waals surface area contributed by atoms with E-state index in [4.69, 9.17) is 9.47 Å². The van der Waals surface area contributed by atoms with Gasteiger partial charge in [-0.05, 0) is 80.2 Å². The van der Waals surface area contributed by atoms with Crippen LogP contribution in [-0.4, -0.2) is 44.0 Å². The Hall–Kier alpha value is -2.91. The van der Waals surface area contributed by atoms with Gasteiger partial charge in [-0.2, -0.15) is 5.26 Å². The molecule has 2 unspecified atom stereocenters. The van der Waals surface area contributed by atoms with E-state index in [1.54, 1.807) is 26.4 Å². The number of hydrogen-bond acceptors (Lipinski definition) is 5. The molecule has 1 aliphatic rings. The quantitative estimate of drug-likeness (QED) is 0.338. The first-order valence-electron chi connectivity index (χ1n) is 13.1. The van der Waals surface area contributed by atoms with Crippen LogP contribution < -0.4 is 9.47 Å². The lowest BCUT2D eigenvalue weighted by molar-refractivity contribution is 0.0580. The third-order valence-corrected chi connectivity index (χ3v) is 8.06. The van der Waals surface area contributed by atoms with Gasteiger partial charge >= 0.3 is 0 Å². The summed E-state index contributed by atoms with van der Waals surface area (Å²) in [4.78, 5) is 15.5. The second-order valence-corrected chi connectivity index (χ2v) is 9.67. The van der Waals surface area contributed by atoms with E-state index in [0.29, 0.717) is 17.1 Å². The standard InChI is InChI=1S/C30H39FN2O3/c1-6-23(7-2)30(20-32,24-11-14-26(35-4)27(19-24)36-5)28(8-3)33-17-15-22(16-18-33)29(34)21-9-12-25(31)13-10-21/h9-14,19,22-23,28H,6-8,15-18H2,1-5H3. The first-order chi connectivity index (χ1) is 17.4. The minimum absolute atomic E-state index is 0.00706. The summed E-state index contributed by atoms with van der Waals surface area (Å²) >= 11 is 0. The third kappa shape index (κ3) is 5.27. The summed E-state index contributed by atoms with van der Waals surface area (Å²) in [6, 6.07) is 14.5. The molecule has 194 valence electrons. The van der Waals surface area contributed by atoms with Crippen molar-refractivity contribution in [3.8, 4) is 17.6 Å². The minimum Gasteiger partial charge on any atom is -0.493 e. The van der Waals surface area contributed by atoms with E-state index in [1.165, 1.54) is 12.1 Å². The highest BCUT2D eigenvalue weighted by Crippen LogP contribution is 2.45. The first-order valence-corrected chi connectivity index (χ1v) is 13.1. The number of benzene rings is 2. The van der Waals surface area contributed by atoms with Crippen LogP contribution in [-0.2, 0) is 5.41 Å². The molecule has 0 radical (unpaired) electrons. The number of piperidine rings is 1. The highest BCUT2D eigenvalue weighted by Gasteiger charge is 2.48. The van der Waals surface area contributed by atoms with Gasteiger partial charge in [-0.25, -0.2) is 4.39 Å². The predicted molar refractivity (Wildman–Crippen MR) is 140 cm³/mol. The summed E-state index contributed by atoms with van der Waals surface area (Å²) in [6.45, 7) is 7.94. The summed E-state index contributed by atoms with van der Waals surface area (Å²) in [5.74, 6) is 1.08. The molecule has 1 aliphatic heterocycles. The third-order valence-electron chi connectivity index (χ3n) is 8.06. The Morgan fingerprint density at radius 3 is 2.14 bits per heavy atom. The number of nitrogens with zero attached hydrogens (tertiary/aromatic N) is 2. The van der Waals surface area contributed by atoms with Crippen LogP contribution in [0.2, 0.25) is 0 Å². The molecule has 6 heteroatoms. The molecule has 1 heterocycles. The maximum Gasteiger partial charge on any atom is 0.166 e. The van der Waals surface area contributed by atoms with Crippen LogP contribution >= 0.6 is 0 Å². The number of ether oxygens (including phenoxy) is 2. The van der Waals surface area contributed by atoms with Crippen LogP contribution in [0, 0.1) is 29.0 Å². The minimum atomic E-state index is -0.731. The molecule has 0 spiro atoms. The molecule has 2 atom stereocenters. The van der Waals surface area contributed by atoms with Gasteiger partial charge in [0.05, 0.1) is 20.3 Å². The molecular formula is C30H39FN2O3. The van der Waals surface area contributed by atoms with Crippen LogP contribution in [0.1, 0.15) is 68.8 Å². The predicted octanol–water partition coefficient (Wildman–Crippen LogP) is 6.41. The largest absolute Gasteiger partial charge is 0.493 e. The topological polar surface area (TPSA) is 62.6 Å². The van der Waals surface area contributed by atoms with Gasteiger partial charge in [0.2, 0.25) is 0 Å². The molecular weight excluding hydrogens is 455 g/mol. The lowest BCUT2D eigenvalue weighted by Crippen LogP contribution is -2.55. The van der Waals surface area contributed by atoms with E-state index in [1.807, 2.05) is 18.2 Å². The second kappa shape index (κ2) is 12.4. The van der Waals surface area contributed by atoms with Crippen molar-refractivity contribution in [3.63, 3.8) is 0 Å². The van der Waals surface area contributed by atoms with Crippen LogP contribution in [0.3, 0.4) is 0 Å². The number of hydrogen-bond donors (Lipinski definition) is 0. The number of carbonyl (C=O) groups is 1. The highest BCUT2D eigenvalue weighted by molar-refractivity contribution is 5.97. The second-order valence-electron chi connectivity index (χ2n) is 9.67. The Morgan fingerprint density at radius 2 is 1.64 bits per heavy atom. The number of halogens is 1. The van der Waals surface area contributed by atoms with Crippen molar-refractivity contribution in [2.24, 2.45) is 11.8 Å². The van der Waals surface area contributed by atoms with Crippen molar-refractivity contribution < 1.29 is 18.7 Å². The number of carbonyl (C=O) groups excluding carboxylic acids is 1. The number of nitriles is 1. The first kappa shape index (κ1) is 27.7. The molecule has 0 aliphatic carbocycles. The van der Waals surface area contributed by atoms with E-state index in [9.17, 15) is 14.4 Å². The molecule has 5 nitrogen and oxygen atoms in total. The Labute approximate surface area is 215 Å². The highest BCUT2D eigenvalue weighted by atomic mass is 19.1. The smallest absolute Gasteiger partial charge is 0.166 e. The van der Waals surface area contributed by atoms with Gasteiger partial charge < -0.3 is 9.47 Å². The van der Waals surface area contributed by atoms with Crippen LogP contribution in [0.15, 0.2) is 42.5 Å². The monoisotopic (exact) mass is 494 g/mol. The van der Waals surface area contributed by atoms with E-state index >= 15 is 0 Å². The zero-order chi connectivity index (χ0) is 26.3. The molecule has 0 aromatic heterocycles. The summed E-state index contributed by atoms with van der Waals surface area (Å²) in [6.07, 6.45) is 4.03. The van der Waals surface area contributed by atoms with Crippen LogP contribution in [0.4, 0.5) is 4.39 Å². The van der Waals surface area contributed by atoms with Crippen LogP contribution in [0.25, 0.3) is 0 Å². The SMILES string of the molecule is CCC(CC)C(C#N)(c1ccc(OC)c(OC)c1)C(CC)N1CCC(C(=O)c2ccc(F)cc2)CC1. The molecule has 1 fully saturated rings. The number of rotatable bonds is 11. The molecule has 2 aromatic carbocycles. The molecule has 0 amide bonds. The van der Waals surface area contributed by atoms with Gasteiger partial charge in [0.1, 0.15) is 11.2 Å². The van der Waals surface area contributed by atoms with Crippen molar-refractivity contribution in [2.75, 3.05) is 27.3 Å². The fraction of sp³-hybridized carbons (Fsp3) is 0.533. The average molecular weight is 495 g/mol. The van der Waals surface area contributed by atoms with Gasteiger partial charge in [-0.1, -0.05) is 39.7 Å². The van der Waals surface area contributed by atoms with Crippen molar-refractivity contribution in [3.05, 3.63) is 59.4 Å². The Morgan fingerprint density at radius 1 is 1.03 bits per heavy atom. The maximum absolute atomic E-state index is 13.3. The fourth-order valence-corrected chi connectivity index (χ4v) is 6.15. The van der Waals surface area contributed by atoms with Crippen LogP contribution in [0.5, 0.6) is 11.5 Å². The summed E-state index contributed by atoms with van der Waals surface area (Å²) < 4.78 is 24.4.